The molecule has 1 aliphatic heterocycles. The molecule has 0 radical (unpaired) electrons. The number of rotatable bonds is 4. The first kappa shape index (κ1) is 13.4. The summed E-state index contributed by atoms with van der Waals surface area (Å²) < 4.78 is 0. The molecule has 0 saturated carbocycles. The first-order valence-electron chi connectivity index (χ1n) is 6.29. The fourth-order valence-corrected chi connectivity index (χ4v) is 2.43. The Kier molecular flexibility index (Phi) is 5.01. The fraction of sp³-hybridized carbons (Fsp3) is 0.538. The van der Waals surface area contributed by atoms with Crippen LogP contribution in [0, 0.1) is 0 Å². The van der Waals surface area contributed by atoms with Crippen molar-refractivity contribution in [1.29, 1.82) is 0 Å². The maximum Gasteiger partial charge on any atom is 0.227 e. The Morgan fingerprint density at radius 2 is 2.11 bits per heavy atom. The lowest BCUT2D eigenvalue weighted by molar-refractivity contribution is -0.132. The Balaban J connectivity index is 1.81. The molecule has 0 N–H and O–H groups in total. The van der Waals surface area contributed by atoms with Gasteiger partial charge in [-0.15, -0.1) is 0 Å². The molecule has 0 spiro atoms. The summed E-state index contributed by atoms with van der Waals surface area (Å²) in [4.78, 5) is 20.4. The maximum atomic E-state index is 12.1. The molecular weight excluding hydrogens is 246 g/mol. The molecule has 1 aromatic heterocycles. The van der Waals surface area contributed by atoms with Crippen molar-refractivity contribution < 1.29 is 4.79 Å². The van der Waals surface area contributed by atoms with E-state index in [1.165, 1.54) is 0 Å². The van der Waals surface area contributed by atoms with Crippen LogP contribution in [0.5, 0.6) is 0 Å². The van der Waals surface area contributed by atoms with Gasteiger partial charge in [-0.25, -0.2) is 0 Å². The second kappa shape index (κ2) is 6.75. The summed E-state index contributed by atoms with van der Waals surface area (Å²) in [5.41, 5.74) is 0.986. The maximum absolute atomic E-state index is 12.1. The van der Waals surface area contributed by atoms with E-state index in [0.29, 0.717) is 6.42 Å². The molecule has 0 aliphatic carbocycles. The third-order valence-electron chi connectivity index (χ3n) is 3.22. The zero-order valence-electron chi connectivity index (χ0n) is 10.5. The second-order valence-electron chi connectivity index (χ2n) is 4.48. The van der Waals surface area contributed by atoms with Crippen molar-refractivity contribution in [2.45, 2.75) is 6.42 Å². The molecule has 18 heavy (non-hydrogen) atoms. The minimum Gasteiger partial charge on any atom is -0.340 e. The van der Waals surface area contributed by atoms with Gasteiger partial charge < -0.3 is 4.90 Å². The Morgan fingerprint density at radius 1 is 1.33 bits per heavy atom. The van der Waals surface area contributed by atoms with Crippen LogP contribution in [0.15, 0.2) is 24.5 Å². The van der Waals surface area contributed by atoms with Crippen LogP contribution >= 0.6 is 12.6 Å². The molecule has 1 aliphatic rings. The molecule has 1 fully saturated rings. The number of carbonyl (C=O) groups is 1. The molecule has 0 aromatic carbocycles. The van der Waals surface area contributed by atoms with E-state index in [9.17, 15) is 4.79 Å². The largest absolute Gasteiger partial charge is 0.340 e. The van der Waals surface area contributed by atoms with Gasteiger partial charge in [0.15, 0.2) is 0 Å². The standard InChI is InChI=1S/C13H19N3OS/c17-13(10-12-2-1-3-14-11-12)16-6-4-15(5-7-16)8-9-18/h1-3,11,18H,4-10H2. The summed E-state index contributed by atoms with van der Waals surface area (Å²) in [6.45, 7) is 4.58. The SMILES string of the molecule is O=C(Cc1cccnc1)N1CCN(CCS)CC1. The van der Waals surface area contributed by atoms with Crippen LogP contribution in [0.1, 0.15) is 5.56 Å². The summed E-state index contributed by atoms with van der Waals surface area (Å²) in [7, 11) is 0. The van der Waals surface area contributed by atoms with Gasteiger partial charge in [0.1, 0.15) is 0 Å². The van der Waals surface area contributed by atoms with Crippen LogP contribution in [0.3, 0.4) is 0 Å². The Labute approximate surface area is 113 Å². The van der Waals surface area contributed by atoms with Crippen LogP contribution in [-0.4, -0.2) is 59.2 Å². The Bertz CT molecular complexity index is 377. The highest BCUT2D eigenvalue weighted by Crippen LogP contribution is 2.06. The van der Waals surface area contributed by atoms with Crippen LogP contribution in [-0.2, 0) is 11.2 Å². The van der Waals surface area contributed by atoms with Gasteiger partial charge in [-0.3, -0.25) is 14.7 Å². The zero-order valence-corrected chi connectivity index (χ0v) is 11.4. The van der Waals surface area contributed by atoms with Gasteiger partial charge in [0.05, 0.1) is 6.42 Å². The number of nitrogens with zero attached hydrogens (tertiary/aromatic N) is 3. The number of pyridine rings is 1. The van der Waals surface area contributed by atoms with Crippen molar-refractivity contribution in [3.63, 3.8) is 0 Å². The molecule has 1 saturated heterocycles. The summed E-state index contributed by atoms with van der Waals surface area (Å²) in [6.07, 6.45) is 3.94. The average molecular weight is 265 g/mol. The van der Waals surface area contributed by atoms with E-state index in [1.807, 2.05) is 17.0 Å². The Morgan fingerprint density at radius 3 is 2.72 bits per heavy atom. The first-order valence-corrected chi connectivity index (χ1v) is 6.93. The summed E-state index contributed by atoms with van der Waals surface area (Å²) in [5, 5.41) is 0. The number of carbonyl (C=O) groups excluding carboxylic acids is 1. The number of amides is 1. The van der Waals surface area contributed by atoms with E-state index in [0.717, 1.165) is 44.0 Å². The van der Waals surface area contributed by atoms with Gasteiger partial charge in [0.25, 0.3) is 0 Å². The van der Waals surface area contributed by atoms with E-state index in [-0.39, 0.29) is 5.91 Å². The highest BCUT2D eigenvalue weighted by atomic mass is 32.1. The lowest BCUT2D eigenvalue weighted by Crippen LogP contribution is -2.49. The Hall–Kier alpha value is -1.07. The molecule has 98 valence electrons. The number of piperazine rings is 1. The van der Waals surface area contributed by atoms with Crippen LogP contribution in [0.25, 0.3) is 0 Å². The first-order chi connectivity index (χ1) is 8.79. The van der Waals surface area contributed by atoms with E-state index in [1.54, 1.807) is 12.4 Å². The molecule has 5 heteroatoms. The number of thiol groups is 1. The topological polar surface area (TPSA) is 36.4 Å². The third-order valence-corrected chi connectivity index (χ3v) is 3.42. The van der Waals surface area contributed by atoms with Gasteiger partial charge in [-0.2, -0.15) is 12.6 Å². The lowest BCUT2D eigenvalue weighted by atomic mass is 10.2. The quantitative estimate of drug-likeness (QED) is 0.814. The number of aromatic nitrogens is 1. The molecule has 4 nitrogen and oxygen atoms in total. The zero-order chi connectivity index (χ0) is 12.8. The molecule has 2 heterocycles. The lowest BCUT2D eigenvalue weighted by Gasteiger charge is -2.34. The van der Waals surface area contributed by atoms with Crippen LogP contribution in [0.4, 0.5) is 0 Å². The highest BCUT2D eigenvalue weighted by molar-refractivity contribution is 7.80. The monoisotopic (exact) mass is 265 g/mol. The van der Waals surface area contributed by atoms with E-state index >= 15 is 0 Å². The summed E-state index contributed by atoms with van der Waals surface area (Å²) >= 11 is 4.23. The third kappa shape index (κ3) is 3.71. The van der Waals surface area contributed by atoms with Crippen LogP contribution < -0.4 is 0 Å². The molecule has 0 bridgehead atoms. The van der Waals surface area contributed by atoms with E-state index < -0.39 is 0 Å². The predicted molar refractivity (Wildman–Crippen MR) is 74.8 cm³/mol. The number of hydrogen-bond acceptors (Lipinski definition) is 4. The molecular formula is C13H19N3OS. The molecule has 0 atom stereocenters. The fourth-order valence-electron chi connectivity index (χ4n) is 2.15. The van der Waals surface area contributed by atoms with E-state index in [4.69, 9.17) is 0 Å². The van der Waals surface area contributed by atoms with Crippen LogP contribution in [0.2, 0.25) is 0 Å². The minimum absolute atomic E-state index is 0.202. The van der Waals surface area contributed by atoms with Gasteiger partial charge in [-0.05, 0) is 11.6 Å². The van der Waals surface area contributed by atoms with Crippen molar-refractivity contribution in [2.75, 3.05) is 38.5 Å². The average Bonchev–Trinajstić information content (AvgIpc) is 2.41. The molecule has 0 unspecified atom stereocenters. The minimum atomic E-state index is 0.202. The molecule has 2 rings (SSSR count). The smallest absolute Gasteiger partial charge is 0.227 e. The van der Waals surface area contributed by atoms with Crippen molar-refractivity contribution in [3.8, 4) is 0 Å². The van der Waals surface area contributed by atoms with Gasteiger partial charge in [0.2, 0.25) is 5.91 Å². The summed E-state index contributed by atoms with van der Waals surface area (Å²) in [5.74, 6) is 1.08. The van der Waals surface area contributed by atoms with Gasteiger partial charge >= 0.3 is 0 Å². The van der Waals surface area contributed by atoms with Gasteiger partial charge in [-0.1, -0.05) is 6.07 Å². The van der Waals surface area contributed by atoms with Crippen molar-refractivity contribution in [2.24, 2.45) is 0 Å². The normalized spacial score (nSPS) is 16.8. The number of hydrogen-bond donors (Lipinski definition) is 1. The highest BCUT2D eigenvalue weighted by Gasteiger charge is 2.20. The second-order valence-corrected chi connectivity index (χ2v) is 4.93. The van der Waals surface area contributed by atoms with Crippen molar-refractivity contribution >= 4 is 18.5 Å². The predicted octanol–water partition coefficient (Wildman–Crippen LogP) is 0.698. The van der Waals surface area contributed by atoms with Gasteiger partial charge in [0, 0.05) is 50.9 Å². The molecule has 1 amide bonds. The van der Waals surface area contributed by atoms with Crippen molar-refractivity contribution in [1.82, 2.24) is 14.8 Å². The molecule has 1 aromatic rings. The van der Waals surface area contributed by atoms with Crippen molar-refractivity contribution in [3.05, 3.63) is 30.1 Å². The summed E-state index contributed by atoms with van der Waals surface area (Å²) in [6, 6.07) is 3.81. The van der Waals surface area contributed by atoms with E-state index in [2.05, 4.69) is 22.5 Å².